The van der Waals surface area contributed by atoms with Crippen molar-refractivity contribution in [3.63, 3.8) is 0 Å². The van der Waals surface area contributed by atoms with Gasteiger partial charge in [0.1, 0.15) is 0 Å². The summed E-state index contributed by atoms with van der Waals surface area (Å²) in [6, 6.07) is 6.22. The van der Waals surface area contributed by atoms with Gasteiger partial charge in [0.15, 0.2) is 0 Å². The zero-order chi connectivity index (χ0) is 15.9. The normalized spacial score (nSPS) is 11.0. The first-order chi connectivity index (χ1) is 9.82. The highest BCUT2D eigenvalue weighted by Crippen LogP contribution is 2.26. The minimum atomic E-state index is -0.637. The van der Waals surface area contributed by atoms with Gasteiger partial charge in [-0.3, -0.25) is 4.79 Å². The molecule has 116 valence electrons. The van der Waals surface area contributed by atoms with Gasteiger partial charge in [-0.1, -0.05) is 19.9 Å². The predicted molar refractivity (Wildman–Crippen MR) is 85.0 cm³/mol. The topological polar surface area (TPSA) is 110 Å². The maximum absolute atomic E-state index is 11.9. The number of primary amides is 1. The molecule has 6 N–H and O–H groups in total. The average Bonchev–Trinajstić information content (AvgIpc) is 2.36. The number of hydrogen-bond acceptors (Lipinski definition) is 3. The number of carbonyl (C=O) groups is 2. The van der Waals surface area contributed by atoms with Gasteiger partial charge in [-0.15, -0.1) is 0 Å². The fourth-order valence-corrected chi connectivity index (χ4v) is 2.01. The third-order valence-corrected chi connectivity index (χ3v) is 3.26. The first kappa shape index (κ1) is 17.0. The number of benzene rings is 1. The van der Waals surface area contributed by atoms with Gasteiger partial charge in [0.2, 0.25) is 5.91 Å². The van der Waals surface area contributed by atoms with Crippen LogP contribution in [0.1, 0.15) is 33.1 Å². The highest BCUT2D eigenvalue weighted by molar-refractivity contribution is 5.93. The summed E-state index contributed by atoms with van der Waals surface area (Å²) in [7, 11) is 0. The molecular formula is C15H24N4O2. The lowest BCUT2D eigenvalue weighted by molar-refractivity contribution is -0.116. The van der Waals surface area contributed by atoms with Crippen LogP contribution < -0.4 is 22.1 Å². The number of hydrogen-bond donors (Lipinski definition) is 4. The van der Waals surface area contributed by atoms with Gasteiger partial charge in [-0.2, -0.15) is 0 Å². The van der Waals surface area contributed by atoms with Gasteiger partial charge in [0, 0.05) is 17.8 Å². The Labute approximate surface area is 125 Å². The molecule has 6 heteroatoms. The summed E-state index contributed by atoms with van der Waals surface area (Å²) in [5.41, 5.74) is 11.8. The molecule has 3 amide bonds. The second-order valence-corrected chi connectivity index (χ2v) is 5.82. The predicted octanol–water partition coefficient (Wildman–Crippen LogP) is 2.27. The van der Waals surface area contributed by atoms with E-state index >= 15 is 0 Å². The van der Waals surface area contributed by atoms with Crippen LogP contribution in [0.15, 0.2) is 24.3 Å². The summed E-state index contributed by atoms with van der Waals surface area (Å²) < 4.78 is 0. The second-order valence-electron chi connectivity index (χ2n) is 5.82. The first-order valence-electron chi connectivity index (χ1n) is 6.99. The Kier molecular flexibility index (Phi) is 6.17. The number of anilines is 2. The molecule has 0 aliphatic heterocycles. The van der Waals surface area contributed by atoms with Crippen LogP contribution in [0.5, 0.6) is 0 Å². The third-order valence-electron chi connectivity index (χ3n) is 3.26. The van der Waals surface area contributed by atoms with Gasteiger partial charge in [-0.05, 0) is 43.0 Å². The Morgan fingerprint density at radius 1 is 1.14 bits per heavy atom. The van der Waals surface area contributed by atoms with Crippen molar-refractivity contribution >= 4 is 23.3 Å². The molecule has 0 fully saturated rings. The largest absolute Gasteiger partial charge is 0.351 e. The summed E-state index contributed by atoms with van der Waals surface area (Å²) in [5, 5.41) is 5.27. The number of amides is 3. The fourth-order valence-electron chi connectivity index (χ4n) is 2.01. The Morgan fingerprint density at radius 3 is 2.33 bits per heavy atom. The Bertz CT molecular complexity index is 500. The zero-order valence-corrected chi connectivity index (χ0v) is 12.6. The van der Waals surface area contributed by atoms with E-state index in [1.54, 1.807) is 24.3 Å². The molecule has 21 heavy (non-hydrogen) atoms. The van der Waals surface area contributed by atoms with Gasteiger partial charge in [-0.25, -0.2) is 4.79 Å². The maximum Gasteiger partial charge on any atom is 0.316 e. The van der Waals surface area contributed by atoms with Gasteiger partial charge < -0.3 is 22.1 Å². The lowest BCUT2D eigenvalue weighted by atomic mass is 9.84. The molecule has 0 saturated heterocycles. The minimum absolute atomic E-state index is 0.0570. The molecule has 1 aromatic carbocycles. The van der Waals surface area contributed by atoms with Crippen molar-refractivity contribution in [1.82, 2.24) is 0 Å². The number of carbonyl (C=O) groups excluding carboxylic acids is 2. The lowest BCUT2D eigenvalue weighted by Gasteiger charge is -2.23. The molecule has 0 aromatic heterocycles. The first-order valence-corrected chi connectivity index (χ1v) is 6.99. The highest BCUT2D eigenvalue weighted by atomic mass is 16.2. The van der Waals surface area contributed by atoms with E-state index in [-0.39, 0.29) is 11.3 Å². The SMILES string of the molecule is CC(C)(CCN)CCC(=O)Nc1cccc(NC(N)=O)c1. The molecule has 0 heterocycles. The number of urea groups is 1. The average molecular weight is 292 g/mol. The molecule has 0 unspecified atom stereocenters. The van der Waals surface area contributed by atoms with Crippen molar-refractivity contribution in [2.24, 2.45) is 16.9 Å². The molecule has 0 aliphatic carbocycles. The molecular weight excluding hydrogens is 268 g/mol. The Morgan fingerprint density at radius 2 is 1.76 bits per heavy atom. The second kappa shape index (κ2) is 7.64. The molecule has 0 atom stereocenters. The van der Waals surface area contributed by atoms with Crippen LogP contribution in [0, 0.1) is 5.41 Å². The quantitative estimate of drug-likeness (QED) is 0.618. The molecule has 0 radical (unpaired) electrons. The summed E-state index contributed by atoms with van der Waals surface area (Å²) in [4.78, 5) is 22.7. The van der Waals surface area contributed by atoms with Crippen molar-refractivity contribution in [3.05, 3.63) is 24.3 Å². The van der Waals surface area contributed by atoms with E-state index in [2.05, 4.69) is 24.5 Å². The monoisotopic (exact) mass is 292 g/mol. The van der Waals surface area contributed by atoms with Crippen LogP contribution in [-0.4, -0.2) is 18.5 Å². The van der Waals surface area contributed by atoms with Crippen LogP contribution in [0.25, 0.3) is 0 Å². The number of nitrogens with one attached hydrogen (secondary N) is 2. The van der Waals surface area contributed by atoms with Crippen LogP contribution in [0.3, 0.4) is 0 Å². The summed E-state index contributed by atoms with van der Waals surface area (Å²) >= 11 is 0. The fraction of sp³-hybridized carbons (Fsp3) is 0.467. The van der Waals surface area contributed by atoms with Crippen LogP contribution in [0.2, 0.25) is 0 Å². The van der Waals surface area contributed by atoms with Crippen LogP contribution >= 0.6 is 0 Å². The van der Waals surface area contributed by atoms with Crippen molar-refractivity contribution in [2.45, 2.75) is 33.1 Å². The van der Waals surface area contributed by atoms with E-state index in [4.69, 9.17) is 11.5 Å². The van der Waals surface area contributed by atoms with Gasteiger partial charge >= 0.3 is 6.03 Å². The smallest absolute Gasteiger partial charge is 0.316 e. The van der Waals surface area contributed by atoms with Crippen LogP contribution in [-0.2, 0) is 4.79 Å². The van der Waals surface area contributed by atoms with E-state index in [0.717, 1.165) is 12.8 Å². The van der Waals surface area contributed by atoms with E-state index in [1.165, 1.54) is 0 Å². The molecule has 0 spiro atoms. The molecule has 0 aliphatic rings. The highest BCUT2D eigenvalue weighted by Gasteiger charge is 2.18. The maximum atomic E-state index is 11.9. The van der Waals surface area contributed by atoms with E-state index in [0.29, 0.717) is 24.3 Å². The van der Waals surface area contributed by atoms with Gasteiger partial charge in [0.25, 0.3) is 0 Å². The minimum Gasteiger partial charge on any atom is -0.351 e. The van der Waals surface area contributed by atoms with E-state index < -0.39 is 6.03 Å². The van der Waals surface area contributed by atoms with Crippen molar-refractivity contribution < 1.29 is 9.59 Å². The number of rotatable bonds is 7. The van der Waals surface area contributed by atoms with Crippen molar-refractivity contribution in [2.75, 3.05) is 17.2 Å². The zero-order valence-electron chi connectivity index (χ0n) is 12.6. The Balaban J connectivity index is 2.53. The van der Waals surface area contributed by atoms with E-state index in [1.807, 2.05) is 0 Å². The molecule has 0 saturated carbocycles. The van der Waals surface area contributed by atoms with Crippen LogP contribution in [0.4, 0.5) is 16.2 Å². The standard InChI is InChI=1S/C15H24N4O2/c1-15(2,8-9-16)7-6-13(20)18-11-4-3-5-12(10-11)19-14(17)21/h3-5,10H,6-9,16H2,1-2H3,(H,18,20)(H3,17,19,21). The molecule has 6 nitrogen and oxygen atoms in total. The molecule has 1 aromatic rings. The summed E-state index contributed by atoms with van der Waals surface area (Å²) in [6.07, 6.45) is 2.09. The lowest BCUT2D eigenvalue weighted by Crippen LogP contribution is -2.21. The summed E-state index contributed by atoms with van der Waals surface area (Å²) in [6.45, 7) is 4.82. The number of nitrogens with two attached hydrogens (primary N) is 2. The third kappa shape index (κ3) is 6.76. The summed E-state index contributed by atoms with van der Waals surface area (Å²) in [5.74, 6) is -0.0590. The Hall–Kier alpha value is -2.08. The molecule has 1 rings (SSSR count). The van der Waals surface area contributed by atoms with Crippen molar-refractivity contribution in [3.8, 4) is 0 Å². The van der Waals surface area contributed by atoms with E-state index in [9.17, 15) is 9.59 Å². The van der Waals surface area contributed by atoms with Gasteiger partial charge in [0.05, 0.1) is 0 Å². The molecule has 0 bridgehead atoms. The van der Waals surface area contributed by atoms with Crippen molar-refractivity contribution in [1.29, 1.82) is 0 Å².